The smallest absolute Gasteiger partial charge is 0.124 e. The Bertz CT molecular complexity index is 508. The Morgan fingerprint density at radius 1 is 1.12 bits per heavy atom. The molecule has 2 aromatic rings. The van der Waals surface area contributed by atoms with Gasteiger partial charge in [0.05, 0.1) is 7.11 Å². The molecule has 2 N–H and O–H groups in total. The number of rotatable bonds is 3. The molecule has 0 radical (unpaired) electrons. The maximum atomic E-state index is 5.64. The normalized spacial score (nSPS) is 10.6. The largest absolute Gasteiger partial charge is 0.496 e. The van der Waals surface area contributed by atoms with E-state index in [9.17, 15) is 0 Å². The molecule has 0 saturated carbocycles. The van der Waals surface area contributed by atoms with Gasteiger partial charge < -0.3 is 10.5 Å². The number of benzene rings is 1. The molecule has 17 heavy (non-hydrogen) atoms. The molecule has 0 saturated heterocycles. The predicted molar refractivity (Wildman–Crippen MR) is 73.7 cm³/mol. The maximum Gasteiger partial charge on any atom is 0.124 e. The molecular formula is C14H17NOS. The summed E-state index contributed by atoms with van der Waals surface area (Å²) in [6.07, 6.45) is 0. The van der Waals surface area contributed by atoms with E-state index in [4.69, 9.17) is 10.5 Å². The minimum atomic E-state index is 0.610. The Labute approximate surface area is 106 Å². The van der Waals surface area contributed by atoms with Crippen LogP contribution in [0.2, 0.25) is 0 Å². The van der Waals surface area contributed by atoms with Gasteiger partial charge in [0, 0.05) is 11.4 Å². The molecule has 0 fully saturated rings. The van der Waals surface area contributed by atoms with E-state index in [0.29, 0.717) is 6.54 Å². The quantitative estimate of drug-likeness (QED) is 0.901. The summed E-state index contributed by atoms with van der Waals surface area (Å²) in [6.45, 7) is 4.76. The molecule has 0 amide bonds. The number of nitrogens with two attached hydrogens (primary N) is 1. The molecule has 1 aromatic heterocycles. The Hall–Kier alpha value is -1.32. The molecule has 0 aliphatic heterocycles. The van der Waals surface area contributed by atoms with Gasteiger partial charge in [-0.05, 0) is 59.7 Å². The molecule has 90 valence electrons. The summed E-state index contributed by atoms with van der Waals surface area (Å²) in [5, 5.41) is 2.16. The van der Waals surface area contributed by atoms with Crippen molar-refractivity contribution in [3.63, 3.8) is 0 Å². The number of ether oxygens (including phenoxy) is 1. The average Bonchev–Trinajstić information content (AvgIpc) is 2.77. The van der Waals surface area contributed by atoms with E-state index in [1.54, 1.807) is 18.4 Å². The van der Waals surface area contributed by atoms with Crippen LogP contribution in [-0.4, -0.2) is 7.11 Å². The Kier molecular flexibility index (Phi) is 3.50. The first-order valence-electron chi connectivity index (χ1n) is 5.58. The van der Waals surface area contributed by atoms with Gasteiger partial charge >= 0.3 is 0 Å². The van der Waals surface area contributed by atoms with E-state index in [1.807, 2.05) is 0 Å². The lowest BCUT2D eigenvalue weighted by molar-refractivity contribution is 0.408. The molecule has 0 spiro atoms. The highest BCUT2D eigenvalue weighted by atomic mass is 32.1. The molecule has 0 bridgehead atoms. The standard InChI is InChI=1S/C14H17NOS/c1-9-4-11(5-10(2)14(9)16-3)12-6-13(7-15)17-8-12/h4-6,8H,7,15H2,1-3H3. The summed E-state index contributed by atoms with van der Waals surface area (Å²) in [6, 6.07) is 6.48. The molecule has 0 aliphatic carbocycles. The highest BCUT2D eigenvalue weighted by molar-refractivity contribution is 7.10. The van der Waals surface area contributed by atoms with Gasteiger partial charge in [-0.2, -0.15) is 0 Å². The molecule has 2 nitrogen and oxygen atoms in total. The molecule has 2 rings (SSSR count). The van der Waals surface area contributed by atoms with Crippen LogP contribution in [0.25, 0.3) is 11.1 Å². The van der Waals surface area contributed by atoms with Crippen LogP contribution in [0.3, 0.4) is 0 Å². The summed E-state index contributed by atoms with van der Waals surface area (Å²) >= 11 is 1.71. The zero-order valence-corrected chi connectivity index (χ0v) is 11.2. The zero-order chi connectivity index (χ0) is 12.4. The van der Waals surface area contributed by atoms with Crippen molar-refractivity contribution in [2.24, 2.45) is 5.73 Å². The fourth-order valence-corrected chi connectivity index (χ4v) is 2.85. The molecule has 1 heterocycles. The Morgan fingerprint density at radius 2 is 1.76 bits per heavy atom. The Balaban J connectivity index is 2.46. The van der Waals surface area contributed by atoms with Gasteiger partial charge in [-0.3, -0.25) is 0 Å². The minimum Gasteiger partial charge on any atom is -0.496 e. The van der Waals surface area contributed by atoms with Crippen LogP contribution >= 0.6 is 11.3 Å². The van der Waals surface area contributed by atoms with E-state index >= 15 is 0 Å². The number of hydrogen-bond donors (Lipinski definition) is 1. The summed E-state index contributed by atoms with van der Waals surface area (Å²) in [7, 11) is 1.71. The van der Waals surface area contributed by atoms with Crippen LogP contribution in [0.4, 0.5) is 0 Å². The van der Waals surface area contributed by atoms with E-state index in [1.165, 1.54) is 27.1 Å². The van der Waals surface area contributed by atoms with Crippen LogP contribution in [0.15, 0.2) is 23.6 Å². The van der Waals surface area contributed by atoms with Gasteiger partial charge in [0.2, 0.25) is 0 Å². The molecule has 0 atom stereocenters. The van der Waals surface area contributed by atoms with Crippen molar-refractivity contribution in [1.82, 2.24) is 0 Å². The lowest BCUT2D eigenvalue weighted by Crippen LogP contribution is -1.92. The fraction of sp³-hybridized carbons (Fsp3) is 0.286. The number of methoxy groups -OCH3 is 1. The van der Waals surface area contributed by atoms with Crippen LogP contribution in [0.1, 0.15) is 16.0 Å². The lowest BCUT2D eigenvalue weighted by Gasteiger charge is -2.10. The van der Waals surface area contributed by atoms with Gasteiger partial charge in [-0.15, -0.1) is 11.3 Å². The lowest BCUT2D eigenvalue weighted by atomic mass is 10.0. The third kappa shape index (κ3) is 2.35. The van der Waals surface area contributed by atoms with Crippen molar-refractivity contribution >= 4 is 11.3 Å². The summed E-state index contributed by atoms with van der Waals surface area (Å²) in [5.41, 5.74) is 10.4. The third-order valence-corrected chi connectivity index (χ3v) is 3.81. The first kappa shape index (κ1) is 12.1. The first-order chi connectivity index (χ1) is 8.15. The number of hydrogen-bond acceptors (Lipinski definition) is 3. The van der Waals surface area contributed by atoms with Crippen molar-refractivity contribution in [3.05, 3.63) is 39.6 Å². The highest BCUT2D eigenvalue weighted by Crippen LogP contribution is 2.32. The number of aryl methyl sites for hydroxylation is 2. The SMILES string of the molecule is COc1c(C)cc(-c2csc(CN)c2)cc1C. The van der Waals surface area contributed by atoms with Crippen molar-refractivity contribution in [1.29, 1.82) is 0 Å². The minimum absolute atomic E-state index is 0.610. The average molecular weight is 247 g/mol. The topological polar surface area (TPSA) is 35.2 Å². The van der Waals surface area contributed by atoms with Gasteiger partial charge in [0.25, 0.3) is 0 Å². The van der Waals surface area contributed by atoms with E-state index in [-0.39, 0.29) is 0 Å². The van der Waals surface area contributed by atoms with Crippen molar-refractivity contribution in [3.8, 4) is 16.9 Å². The van der Waals surface area contributed by atoms with Crippen molar-refractivity contribution in [2.75, 3.05) is 7.11 Å². The van der Waals surface area contributed by atoms with Crippen LogP contribution in [0, 0.1) is 13.8 Å². The highest BCUT2D eigenvalue weighted by Gasteiger charge is 2.08. The second-order valence-electron chi connectivity index (χ2n) is 4.15. The molecule has 1 aromatic carbocycles. The second-order valence-corrected chi connectivity index (χ2v) is 5.14. The molecule has 0 aliphatic rings. The van der Waals surface area contributed by atoms with Gasteiger partial charge in [-0.25, -0.2) is 0 Å². The van der Waals surface area contributed by atoms with Crippen molar-refractivity contribution in [2.45, 2.75) is 20.4 Å². The Morgan fingerprint density at radius 3 is 2.24 bits per heavy atom. The van der Waals surface area contributed by atoms with Crippen molar-refractivity contribution < 1.29 is 4.74 Å². The fourth-order valence-electron chi connectivity index (χ4n) is 2.08. The van der Waals surface area contributed by atoms with Crippen LogP contribution in [-0.2, 0) is 6.54 Å². The zero-order valence-electron chi connectivity index (χ0n) is 10.4. The first-order valence-corrected chi connectivity index (χ1v) is 6.46. The summed E-state index contributed by atoms with van der Waals surface area (Å²) < 4.78 is 5.38. The van der Waals surface area contributed by atoms with E-state index in [0.717, 1.165) is 5.75 Å². The van der Waals surface area contributed by atoms with E-state index in [2.05, 4.69) is 37.4 Å². The number of thiophene rings is 1. The third-order valence-electron chi connectivity index (χ3n) is 2.85. The summed E-state index contributed by atoms with van der Waals surface area (Å²) in [4.78, 5) is 1.21. The molecule has 0 unspecified atom stereocenters. The monoisotopic (exact) mass is 247 g/mol. The van der Waals surface area contributed by atoms with Crippen LogP contribution in [0.5, 0.6) is 5.75 Å². The van der Waals surface area contributed by atoms with Gasteiger partial charge in [-0.1, -0.05) is 0 Å². The predicted octanol–water partition coefficient (Wildman–Crippen LogP) is 3.50. The maximum absolute atomic E-state index is 5.64. The van der Waals surface area contributed by atoms with Crippen LogP contribution < -0.4 is 10.5 Å². The van der Waals surface area contributed by atoms with E-state index < -0.39 is 0 Å². The second kappa shape index (κ2) is 4.90. The molecule has 3 heteroatoms. The van der Waals surface area contributed by atoms with Gasteiger partial charge in [0.15, 0.2) is 0 Å². The van der Waals surface area contributed by atoms with Gasteiger partial charge in [0.1, 0.15) is 5.75 Å². The molecular weight excluding hydrogens is 230 g/mol. The summed E-state index contributed by atoms with van der Waals surface area (Å²) in [5.74, 6) is 0.975.